The van der Waals surface area contributed by atoms with Gasteiger partial charge in [0.25, 0.3) is 5.91 Å². The van der Waals surface area contributed by atoms with Crippen LogP contribution in [0.25, 0.3) is 0 Å². The molecular weight excluding hydrogens is 404 g/mol. The summed E-state index contributed by atoms with van der Waals surface area (Å²) >= 11 is 0. The average Bonchev–Trinajstić information content (AvgIpc) is 3.26. The summed E-state index contributed by atoms with van der Waals surface area (Å²) in [5, 5.41) is 2.89. The van der Waals surface area contributed by atoms with Crippen LogP contribution in [0.1, 0.15) is 27.9 Å². The van der Waals surface area contributed by atoms with E-state index >= 15 is 0 Å². The Bertz CT molecular complexity index is 1120. The Balaban J connectivity index is 1.36. The average molecular weight is 431 g/mol. The lowest BCUT2D eigenvalue weighted by atomic mass is 10.1. The topological polar surface area (TPSA) is 67.9 Å². The molecule has 0 aromatic heterocycles. The van der Waals surface area contributed by atoms with Crippen molar-refractivity contribution in [3.63, 3.8) is 0 Å². The fourth-order valence-electron chi connectivity index (χ4n) is 4.02. The van der Waals surface area contributed by atoms with E-state index in [-0.39, 0.29) is 11.8 Å². The highest BCUT2D eigenvalue weighted by Gasteiger charge is 2.25. The van der Waals surface area contributed by atoms with Gasteiger partial charge in [-0.2, -0.15) is 0 Å². The molecule has 0 bridgehead atoms. The van der Waals surface area contributed by atoms with E-state index in [1.807, 2.05) is 41.3 Å². The normalized spacial score (nSPS) is 12.2. The van der Waals surface area contributed by atoms with Gasteiger partial charge >= 0.3 is 0 Å². The Hall–Kier alpha value is -3.80. The van der Waals surface area contributed by atoms with Crippen LogP contribution < -0.4 is 19.7 Å². The van der Waals surface area contributed by atoms with E-state index in [0.29, 0.717) is 42.1 Å². The minimum absolute atomic E-state index is 0.0297. The monoisotopic (exact) mass is 430 g/mol. The molecule has 0 saturated carbocycles. The number of ether oxygens (including phenoxy) is 2. The smallest absolute Gasteiger partial charge is 0.258 e. The van der Waals surface area contributed by atoms with E-state index in [4.69, 9.17) is 9.47 Å². The molecular formula is C26H26N2O4. The van der Waals surface area contributed by atoms with Gasteiger partial charge in [0, 0.05) is 29.9 Å². The third-order valence-corrected chi connectivity index (χ3v) is 5.65. The minimum Gasteiger partial charge on any atom is -0.493 e. The van der Waals surface area contributed by atoms with Crippen LogP contribution in [0, 0.1) is 0 Å². The Kier molecular flexibility index (Phi) is 6.40. The van der Waals surface area contributed by atoms with E-state index < -0.39 is 0 Å². The number of amides is 2. The zero-order chi connectivity index (χ0) is 22.5. The third-order valence-electron chi connectivity index (χ3n) is 5.65. The number of carbonyl (C=O) groups excluding carboxylic acids is 2. The van der Waals surface area contributed by atoms with Crippen LogP contribution in [0.3, 0.4) is 0 Å². The number of nitrogens with one attached hydrogen (secondary N) is 1. The number of aryl methyl sites for hydroxylation is 1. The molecule has 6 heteroatoms. The van der Waals surface area contributed by atoms with Crippen LogP contribution in [0.4, 0.5) is 11.4 Å². The summed E-state index contributed by atoms with van der Waals surface area (Å²) in [6.07, 6.45) is 1.69. The summed E-state index contributed by atoms with van der Waals surface area (Å²) in [4.78, 5) is 27.2. The Labute approximate surface area is 187 Å². The predicted molar refractivity (Wildman–Crippen MR) is 125 cm³/mol. The van der Waals surface area contributed by atoms with E-state index in [1.165, 1.54) is 5.56 Å². The fraction of sp³-hybridized carbons (Fsp3) is 0.231. The molecule has 1 aliphatic rings. The SMILES string of the molecule is COc1cccc(CCC(=O)Nc2ccc(C(=O)N3CCc4ccccc43)cc2)c1OC. The van der Waals surface area contributed by atoms with Crippen molar-refractivity contribution in [2.45, 2.75) is 19.3 Å². The first-order valence-electron chi connectivity index (χ1n) is 10.6. The molecule has 2 amide bonds. The molecule has 3 aromatic rings. The third kappa shape index (κ3) is 4.44. The van der Waals surface area contributed by atoms with Crippen LogP contribution in [-0.4, -0.2) is 32.6 Å². The second-order valence-corrected chi connectivity index (χ2v) is 7.61. The molecule has 1 N–H and O–H groups in total. The van der Waals surface area contributed by atoms with Gasteiger partial charge in [-0.05, 0) is 60.4 Å². The fourth-order valence-corrected chi connectivity index (χ4v) is 4.02. The van der Waals surface area contributed by atoms with Crippen molar-refractivity contribution in [2.24, 2.45) is 0 Å². The van der Waals surface area contributed by atoms with Crippen molar-refractivity contribution < 1.29 is 19.1 Å². The summed E-state index contributed by atoms with van der Waals surface area (Å²) in [7, 11) is 3.18. The molecule has 0 saturated heterocycles. The quantitative estimate of drug-likeness (QED) is 0.600. The molecule has 1 aliphatic heterocycles. The molecule has 0 fully saturated rings. The maximum Gasteiger partial charge on any atom is 0.258 e. The van der Waals surface area contributed by atoms with Crippen molar-refractivity contribution in [3.8, 4) is 11.5 Å². The Morgan fingerprint density at radius 2 is 1.72 bits per heavy atom. The molecule has 32 heavy (non-hydrogen) atoms. The lowest BCUT2D eigenvalue weighted by Gasteiger charge is -2.17. The van der Waals surface area contributed by atoms with Crippen LogP contribution in [0.2, 0.25) is 0 Å². The first-order chi connectivity index (χ1) is 15.6. The van der Waals surface area contributed by atoms with E-state index in [1.54, 1.807) is 38.5 Å². The number of fused-ring (bicyclic) bond motifs is 1. The van der Waals surface area contributed by atoms with Crippen LogP contribution in [0.15, 0.2) is 66.7 Å². The van der Waals surface area contributed by atoms with Crippen molar-refractivity contribution in [2.75, 3.05) is 31.0 Å². The van der Waals surface area contributed by atoms with E-state index in [2.05, 4.69) is 11.4 Å². The largest absolute Gasteiger partial charge is 0.493 e. The summed E-state index contributed by atoms with van der Waals surface area (Å²) < 4.78 is 10.7. The number of rotatable bonds is 7. The van der Waals surface area contributed by atoms with Gasteiger partial charge in [-0.15, -0.1) is 0 Å². The van der Waals surface area contributed by atoms with Gasteiger partial charge in [-0.25, -0.2) is 0 Å². The molecule has 0 spiro atoms. The zero-order valence-corrected chi connectivity index (χ0v) is 18.3. The first-order valence-corrected chi connectivity index (χ1v) is 10.6. The number of anilines is 2. The highest BCUT2D eigenvalue weighted by Crippen LogP contribution is 2.32. The number of carbonyl (C=O) groups is 2. The minimum atomic E-state index is -0.109. The van der Waals surface area contributed by atoms with Gasteiger partial charge in [-0.1, -0.05) is 30.3 Å². The molecule has 3 aromatic carbocycles. The lowest BCUT2D eigenvalue weighted by molar-refractivity contribution is -0.116. The van der Waals surface area contributed by atoms with Crippen molar-refractivity contribution in [1.29, 1.82) is 0 Å². The van der Waals surface area contributed by atoms with E-state index in [9.17, 15) is 9.59 Å². The van der Waals surface area contributed by atoms with Crippen LogP contribution >= 0.6 is 0 Å². The summed E-state index contributed by atoms with van der Waals surface area (Å²) in [6, 6.07) is 20.6. The second-order valence-electron chi connectivity index (χ2n) is 7.61. The molecule has 0 radical (unpaired) electrons. The number of hydrogen-bond acceptors (Lipinski definition) is 4. The van der Waals surface area contributed by atoms with Crippen LogP contribution in [0.5, 0.6) is 11.5 Å². The molecule has 6 nitrogen and oxygen atoms in total. The lowest BCUT2D eigenvalue weighted by Crippen LogP contribution is -2.28. The highest BCUT2D eigenvalue weighted by atomic mass is 16.5. The van der Waals surface area contributed by atoms with E-state index in [0.717, 1.165) is 17.7 Å². The summed E-state index contributed by atoms with van der Waals surface area (Å²) in [5.74, 6) is 1.15. The van der Waals surface area contributed by atoms with Crippen molar-refractivity contribution >= 4 is 23.2 Å². The number of hydrogen-bond donors (Lipinski definition) is 1. The Morgan fingerprint density at radius 1 is 0.938 bits per heavy atom. The number of para-hydroxylation sites is 2. The van der Waals surface area contributed by atoms with Gasteiger partial charge in [-0.3, -0.25) is 9.59 Å². The number of nitrogens with zero attached hydrogens (tertiary/aromatic N) is 1. The first kappa shape index (κ1) is 21.4. The van der Waals surface area contributed by atoms with Crippen molar-refractivity contribution in [1.82, 2.24) is 0 Å². The maximum absolute atomic E-state index is 12.9. The maximum atomic E-state index is 12.9. The molecule has 1 heterocycles. The molecule has 164 valence electrons. The molecule has 0 unspecified atom stereocenters. The van der Waals surface area contributed by atoms with Gasteiger partial charge < -0.3 is 19.7 Å². The summed E-state index contributed by atoms with van der Waals surface area (Å²) in [6.45, 7) is 0.685. The molecule has 0 atom stereocenters. The molecule has 0 aliphatic carbocycles. The van der Waals surface area contributed by atoms with Gasteiger partial charge in [0.15, 0.2) is 11.5 Å². The predicted octanol–water partition coefficient (Wildman–Crippen LogP) is 4.48. The molecule has 4 rings (SSSR count). The number of benzene rings is 3. The standard InChI is InChI=1S/C26H26N2O4/c1-31-23-9-5-7-19(25(23)32-2)12-15-24(29)27-21-13-10-20(11-14-21)26(30)28-17-16-18-6-3-4-8-22(18)28/h3-11,13-14H,12,15-17H2,1-2H3,(H,27,29). The van der Waals surface area contributed by atoms with Gasteiger partial charge in [0.05, 0.1) is 14.2 Å². The van der Waals surface area contributed by atoms with Crippen LogP contribution in [-0.2, 0) is 17.6 Å². The van der Waals surface area contributed by atoms with Gasteiger partial charge in [0.2, 0.25) is 5.91 Å². The number of methoxy groups -OCH3 is 2. The second kappa shape index (κ2) is 9.56. The summed E-state index contributed by atoms with van der Waals surface area (Å²) in [5.41, 5.74) is 4.33. The highest BCUT2D eigenvalue weighted by molar-refractivity contribution is 6.07. The van der Waals surface area contributed by atoms with Crippen molar-refractivity contribution in [3.05, 3.63) is 83.4 Å². The zero-order valence-electron chi connectivity index (χ0n) is 18.3. The van der Waals surface area contributed by atoms with Gasteiger partial charge in [0.1, 0.15) is 0 Å². The Morgan fingerprint density at radius 3 is 2.47 bits per heavy atom.